The van der Waals surface area contributed by atoms with Gasteiger partial charge >= 0.3 is 0 Å². The van der Waals surface area contributed by atoms with Gasteiger partial charge in [0.25, 0.3) is 5.91 Å². The van der Waals surface area contributed by atoms with Crippen molar-refractivity contribution in [2.75, 3.05) is 19.7 Å². The van der Waals surface area contributed by atoms with Crippen LogP contribution in [0.3, 0.4) is 0 Å². The van der Waals surface area contributed by atoms with Crippen LogP contribution < -0.4 is 9.47 Å². The number of hydrogen-bond donors (Lipinski definition) is 0. The van der Waals surface area contributed by atoms with Gasteiger partial charge in [0, 0.05) is 13.1 Å². The summed E-state index contributed by atoms with van der Waals surface area (Å²) in [7, 11) is 0. The van der Waals surface area contributed by atoms with Gasteiger partial charge in [-0.2, -0.15) is 0 Å². The second kappa shape index (κ2) is 9.27. The minimum absolute atomic E-state index is 0.0527. The molecule has 1 atom stereocenters. The van der Waals surface area contributed by atoms with E-state index in [0.29, 0.717) is 24.0 Å². The monoisotopic (exact) mass is 353 g/mol. The lowest BCUT2D eigenvalue weighted by Gasteiger charge is -2.21. The molecule has 2 aromatic rings. The molecule has 138 valence electrons. The van der Waals surface area contributed by atoms with Gasteiger partial charge in [0.15, 0.2) is 18.1 Å². The van der Waals surface area contributed by atoms with E-state index in [9.17, 15) is 4.79 Å². The summed E-state index contributed by atoms with van der Waals surface area (Å²) in [4.78, 5) is 14.4. The largest absolute Gasteiger partial charge is 0.485 e. The van der Waals surface area contributed by atoms with E-state index in [-0.39, 0.29) is 12.5 Å². The number of amides is 1. The van der Waals surface area contributed by atoms with E-state index in [4.69, 9.17) is 9.47 Å². The molecule has 0 radical (unpaired) electrons. The number of benzene rings is 2. The summed E-state index contributed by atoms with van der Waals surface area (Å²) in [5, 5.41) is 0. The van der Waals surface area contributed by atoms with E-state index in [1.54, 1.807) is 0 Å². The highest BCUT2D eigenvalue weighted by molar-refractivity contribution is 5.77. The number of nitrogens with zero attached hydrogens (tertiary/aromatic N) is 1. The maximum atomic E-state index is 12.5. The van der Waals surface area contributed by atoms with Crippen molar-refractivity contribution in [2.45, 2.75) is 32.8 Å². The number of para-hydroxylation sites is 2. The van der Waals surface area contributed by atoms with Crippen molar-refractivity contribution in [1.29, 1.82) is 0 Å². The maximum absolute atomic E-state index is 12.5. The first kappa shape index (κ1) is 18.3. The van der Waals surface area contributed by atoms with Gasteiger partial charge in [-0.05, 0) is 42.9 Å². The van der Waals surface area contributed by atoms with Gasteiger partial charge in [-0.3, -0.25) is 4.79 Å². The van der Waals surface area contributed by atoms with E-state index in [0.717, 1.165) is 31.5 Å². The molecule has 4 nitrogen and oxygen atoms in total. The molecule has 1 amide bonds. The molecule has 3 rings (SSSR count). The Morgan fingerprint density at radius 3 is 2.42 bits per heavy atom. The Morgan fingerprint density at radius 2 is 1.65 bits per heavy atom. The van der Waals surface area contributed by atoms with E-state index >= 15 is 0 Å². The minimum atomic E-state index is 0.0527. The molecule has 4 heteroatoms. The summed E-state index contributed by atoms with van der Waals surface area (Å²) < 4.78 is 11.7. The molecule has 1 aliphatic heterocycles. The maximum Gasteiger partial charge on any atom is 0.260 e. The third kappa shape index (κ3) is 5.25. The molecule has 1 heterocycles. The number of hydrogen-bond acceptors (Lipinski definition) is 3. The predicted molar refractivity (Wildman–Crippen MR) is 102 cm³/mol. The fraction of sp³-hybridized carbons (Fsp3) is 0.409. The number of likely N-dealkylation sites (tertiary alicyclic amines) is 1. The standard InChI is InChI=1S/C22H27NO3/c1-18-8-7-14-23(15-13-18)22(24)17-26-21-12-6-5-11-20(21)25-16-19-9-3-2-4-10-19/h2-6,9-12,18H,7-8,13-17H2,1H3. The number of rotatable bonds is 6. The van der Waals surface area contributed by atoms with Crippen LogP contribution in [0.2, 0.25) is 0 Å². The summed E-state index contributed by atoms with van der Waals surface area (Å²) in [5.41, 5.74) is 1.09. The normalized spacial score (nSPS) is 17.4. The van der Waals surface area contributed by atoms with Gasteiger partial charge in [-0.25, -0.2) is 0 Å². The van der Waals surface area contributed by atoms with Gasteiger partial charge < -0.3 is 14.4 Å². The fourth-order valence-electron chi connectivity index (χ4n) is 3.17. The van der Waals surface area contributed by atoms with Crippen LogP contribution in [-0.4, -0.2) is 30.5 Å². The van der Waals surface area contributed by atoms with E-state index < -0.39 is 0 Å². The van der Waals surface area contributed by atoms with E-state index in [1.807, 2.05) is 59.5 Å². The van der Waals surface area contributed by atoms with Crippen LogP contribution >= 0.6 is 0 Å². The van der Waals surface area contributed by atoms with Gasteiger partial charge in [-0.1, -0.05) is 49.4 Å². The first-order chi connectivity index (χ1) is 12.7. The number of carbonyl (C=O) groups is 1. The van der Waals surface area contributed by atoms with Crippen LogP contribution in [0.1, 0.15) is 31.7 Å². The van der Waals surface area contributed by atoms with Gasteiger partial charge in [0.1, 0.15) is 6.61 Å². The summed E-state index contributed by atoms with van der Waals surface area (Å²) in [5.74, 6) is 2.02. The SMILES string of the molecule is CC1CCCN(C(=O)COc2ccccc2OCc2ccccc2)CC1. The molecule has 0 spiro atoms. The summed E-state index contributed by atoms with van der Waals surface area (Å²) >= 11 is 0. The Morgan fingerprint density at radius 1 is 0.962 bits per heavy atom. The molecule has 0 aromatic heterocycles. The van der Waals surface area contributed by atoms with Crippen LogP contribution in [0.25, 0.3) is 0 Å². The molecule has 0 bridgehead atoms. The zero-order chi connectivity index (χ0) is 18.2. The quantitative estimate of drug-likeness (QED) is 0.777. The molecule has 0 aliphatic carbocycles. The minimum Gasteiger partial charge on any atom is -0.485 e. The zero-order valence-corrected chi connectivity index (χ0v) is 15.4. The highest BCUT2D eigenvalue weighted by atomic mass is 16.5. The fourth-order valence-corrected chi connectivity index (χ4v) is 3.17. The van der Waals surface area contributed by atoms with Crippen molar-refractivity contribution in [1.82, 2.24) is 4.90 Å². The predicted octanol–water partition coefficient (Wildman–Crippen LogP) is 4.29. The highest BCUT2D eigenvalue weighted by Crippen LogP contribution is 2.27. The first-order valence-electron chi connectivity index (χ1n) is 9.38. The van der Waals surface area contributed by atoms with Gasteiger partial charge in [0.05, 0.1) is 0 Å². The smallest absolute Gasteiger partial charge is 0.260 e. The van der Waals surface area contributed by atoms with E-state index in [2.05, 4.69) is 6.92 Å². The third-order valence-corrected chi connectivity index (χ3v) is 4.81. The molecule has 0 N–H and O–H groups in total. The Labute approximate surface area is 155 Å². The molecule has 1 unspecified atom stereocenters. The lowest BCUT2D eigenvalue weighted by atomic mass is 10.0. The Balaban J connectivity index is 1.55. The first-order valence-corrected chi connectivity index (χ1v) is 9.38. The van der Waals surface area contributed by atoms with Crippen LogP contribution in [0, 0.1) is 5.92 Å². The van der Waals surface area contributed by atoms with Crippen molar-refractivity contribution < 1.29 is 14.3 Å². The average Bonchev–Trinajstić information content (AvgIpc) is 2.90. The van der Waals surface area contributed by atoms with Crippen LogP contribution in [0.4, 0.5) is 0 Å². The summed E-state index contributed by atoms with van der Waals surface area (Å²) in [6.45, 7) is 4.44. The number of ether oxygens (including phenoxy) is 2. The summed E-state index contributed by atoms with van der Waals surface area (Å²) in [6, 6.07) is 17.5. The highest BCUT2D eigenvalue weighted by Gasteiger charge is 2.19. The Bertz CT molecular complexity index is 702. The van der Waals surface area contributed by atoms with Crippen molar-refractivity contribution in [3.63, 3.8) is 0 Å². The molecule has 0 saturated carbocycles. The molecular formula is C22H27NO3. The molecule has 1 aliphatic rings. The lowest BCUT2D eigenvalue weighted by Crippen LogP contribution is -2.35. The molecule has 1 fully saturated rings. The van der Waals surface area contributed by atoms with Crippen LogP contribution in [0.15, 0.2) is 54.6 Å². The van der Waals surface area contributed by atoms with Crippen molar-refractivity contribution in [3.8, 4) is 11.5 Å². The second-order valence-electron chi connectivity index (χ2n) is 6.93. The van der Waals surface area contributed by atoms with Crippen LogP contribution in [0.5, 0.6) is 11.5 Å². The average molecular weight is 353 g/mol. The summed E-state index contributed by atoms with van der Waals surface area (Å²) in [6.07, 6.45) is 3.34. The number of carbonyl (C=O) groups excluding carboxylic acids is 1. The lowest BCUT2D eigenvalue weighted by molar-refractivity contribution is -0.133. The van der Waals surface area contributed by atoms with Crippen molar-refractivity contribution in [2.24, 2.45) is 5.92 Å². The molecule has 2 aromatic carbocycles. The van der Waals surface area contributed by atoms with Crippen molar-refractivity contribution in [3.05, 3.63) is 60.2 Å². The molecular weight excluding hydrogens is 326 g/mol. The Hall–Kier alpha value is -2.49. The second-order valence-corrected chi connectivity index (χ2v) is 6.93. The van der Waals surface area contributed by atoms with Crippen LogP contribution in [-0.2, 0) is 11.4 Å². The Kier molecular flexibility index (Phi) is 6.53. The van der Waals surface area contributed by atoms with Crippen molar-refractivity contribution >= 4 is 5.91 Å². The third-order valence-electron chi connectivity index (χ3n) is 4.81. The molecule has 26 heavy (non-hydrogen) atoms. The van der Waals surface area contributed by atoms with E-state index in [1.165, 1.54) is 6.42 Å². The zero-order valence-electron chi connectivity index (χ0n) is 15.4. The van der Waals surface area contributed by atoms with Gasteiger partial charge in [-0.15, -0.1) is 0 Å². The molecule has 1 saturated heterocycles. The topological polar surface area (TPSA) is 38.8 Å². The van der Waals surface area contributed by atoms with Gasteiger partial charge in [0.2, 0.25) is 0 Å².